The van der Waals surface area contributed by atoms with Gasteiger partial charge in [0.1, 0.15) is 17.3 Å². The van der Waals surface area contributed by atoms with Crippen LogP contribution in [0.1, 0.15) is 30.5 Å². The largest absolute Gasteiger partial charge is 0.481 e. The summed E-state index contributed by atoms with van der Waals surface area (Å²) in [6.07, 6.45) is 3.36. The summed E-state index contributed by atoms with van der Waals surface area (Å²) in [6, 6.07) is 2.19. The molecule has 1 heterocycles. The Morgan fingerprint density at radius 1 is 1.29 bits per heavy atom. The molecule has 1 aromatic heterocycles. The van der Waals surface area contributed by atoms with Crippen LogP contribution in [0.3, 0.4) is 0 Å². The first kappa shape index (κ1) is 15.1. The predicted octanol–water partition coefficient (Wildman–Crippen LogP) is 2.65. The first-order valence-corrected chi connectivity index (χ1v) is 6.56. The summed E-state index contributed by atoms with van der Waals surface area (Å²) in [5.74, 6) is -1.92. The minimum Gasteiger partial charge on any atom is -0.481 e. The Kier molecular flexibility index (Phi) is 4.62. The Morgan fingerprint density at radius 2 is 2.05 bits per heavy atom. The number of aromatic nitrogens is 3. The van der Waals surface area contributed by atoms with Gasteiger partial charge < -0.3 is 5.11 Å². The fourth-order valence-corrected chi connectivity index (χ4v) is 1.92. The van der Waals surface area contributed by atoms with Gasteiger partial charge in [0.2, 0.25) is 0 Å². The van der Waals surface area contributed by atoms with Gasteiger partial charge in [0.25, 0.3) is 0 Å². The molecule has 0 saturated carbocycles. The lowest BCUT2D eigenvalue weighted by Crippen LogP contribution is -2.01. The van der Waals surface area contributed by atoms with E-state index in [-0.39, 0.29) is 17.7 Å². The average Bonchev–Trinajstić information content (AvgIpc) is 2.87. The molecule has 0 saturated heterocycles. The highest BCUT2D eigenvalue weighted by Gasteiger charge is 2.11. The van der Waals surface area contributed by atoms with E-state index in [1.54, 1.807) is 0 Å². The van der Waals surface area contributed by atoms with Gasteiger partial charge in [0.15, 0.2) is 0 Å². The molecule has 2 aromatic rings. The van der Waals surface area contributed by atoms with Gasteiger partial charge in [-0.25, -0.2) is 13.5 Å². The number of aryl methyl sites for hydroxylation is 2. The van der Waals surface area contributed by atoms with Crippen LogP contribution >= 0.6 is 0 Å². The van der Waals surface area contributed by atoms with E-state index in [9.17, 15) is 13.6 Å². The molecular formula is C14H15F2N3O2. The van der Waals surface area contributed by atoms with Crippen LogP contribution in [0.5, 0.6) is 0 Å². The lowest BCUT2D eigenvalue weighted by atomic mass is 10.1. The first-order chi connectivity index (χ1) is 9.97. The molecule has 0 atom stereocenters. The Balaban J connectivity index is 2.06. The highest BCUT2D eigenvalue weighted by atomic mass is 19.1. The third-order valence-electron chi connectivity index (χ3n) is 3.09. The van der Waals surface area contributed by atoms with Crippen LogP contribution in [-0.2, 0) is 11.2 Å². The summed E-state index contributed by atoms with van der Waals surface area (Å²) in [5, 5.41) is 16.2. The van der Waals surface area contributed by atoms with Crippen molar-refractivity contribution in [2.45, 2.75) is 32.6 Å². The van der Waals surface area contributed by atoms with E-state index >= 15 is 0 Å². The van der Waals surface area contributed by atoms with Crippen LogP contribution < -0.4 is 0 Å². The van der Waals surface area contributed by atoms with E-state index in [2.05, 4.69) is 10.3 Å². The zero-order chi connectivity index (χ0) is 15.4. The van der Waals surface area contributed by atoms with Gasteiger partial charge >= 0.3 is 5.97 Å². The van der Waals surface area contributed by atoms with Gasteiger partial charge in [0, 0.05) is 12.5 Å². The van der Waals surface area contributed by atoms with Crippen molar-refractivity contribution in [1.29, 1.82) is 0 Å². The molecule has 0 amide bonds. The molecule has 0 fully saturated rings. The predicted molar refractivity (Wildman–Crippen MR) is 71.2 cm³/mol. The minimum absolute atomic E-state index is 0.00221. The lowest BCUT2D eigenvalue weighted by molar-refractivity contribution is -0.137. The maximum absolute atomic E-state index is 13.8. The van der Waals surface area contributed by atoms with E-state index < -0.39 is 17.6 Å². The van der Waals surface area contributed by atoms with Crippen molar-refractivity contribution < 1.29 is 18.7 Å². The van der Waals surface area contributed by atoms with Gasteiger partial charge in [-0.3, -0.25) is 4.79 Å². The van der Waals surface area contributed by atoms with E-state index in [4.69, 9.17) is 5.11 Å². The topological polar surface area (TPSA) is 68.0 Å². The van der Waals surface area contributed by atoms with Crippen molar-refractivity contribution in [2.24, 2.45) is 0 Å². The number of benzene rings is 1. The van der Waals surface area contributed by atoms with Gasteiger partial charge in [-0.15, -0.1) is 5.10 Å². The summed E-state index contributed by atoms with van der Waals surface area (Å²) in [4.78, 5) is 10.4. The van der Waals surface area contributed by atoms with E-state index in [0.717, 1.165) is 12.1 Å². The molecule has 0 bridgehead atoms. The molecule has 7 heteroatoms. The molecule has 1 aromatic carbocycles. The van der Waals surface area contributed by atoms with Crippen LogP contribution in [0.4, 0.5) is 8.78 Å². The number of nitrogens with zero attached hydrogens (tertiary/aromatic N) is 3. The fraction of sp³-hybridized carbons (Fsp3) is 0.357. The number of halogens is 2. The normalized spacial score (nSPS) is 10.8. The van der Waals surface area contributed by atoms with Crippen molar-refractivity contribution in [3.8, 4) is 5.69 Å². The van der Waals surface area contributed by atoms with Crippen molar-refractivity contribution >= 4 is 5.97 Å². The van der Waals surface area contributed by atoms with E-state index in [1.807, 2.05) is 0 Å². The van der Waals surface area contributed by atoms with Crippen molar-refractivity contribution in [1.82, 2.24) is 15.0 Å². The zero-order valence-corrected chi connectivity index (χ0v) is 11.5. The van der Waals surface area contributed by atoms with Gasteiger partial charge in [-0.1, -0.05) is 5.21 Å². The van der Waals surface area contributed by atoms with Crippen LogP contribution in [0.15, 0.2) is 18.3 Å². The lowest BCUT2D eigenvalue weighted by Gasteiger charge is -2.04. The number of carbonyl (C=O) groups is 1. The van der Waals surface area contributed by atoms with Gasteiger partial charge in [0.05, 0.1) is 11.9 Å². The average molecular weight is 295 g/mol. The second-order valence-electron chi connectivity index (χ2n) is 4.81. The molecule has 2 rings (SSSR count). The first-order valence-electron chi connectivity index (χ1n) is 6.56. The third-order valence-corrected chi connectivity index (χ3v) is 3.09. The Bertz CT molecular complexity index is 656. The summed E-state index contributed by atoms with van der Waals surface area (Å²) >= 11 is 0. The summed E-state index contributed by atoms with van der Waals surface area (Å²) in [6.45, 7) is 1.48. The summed E-state index contributed by atoms with van der Waals surface area (Å²) < 4.78 is 28.5. The van der Waals surface area contributed by atoms with E-state index in [1.165, 1.54) is 17.8 Å². The number of hydrogen-bond donors (Lipinski definition) is 1. The molecule has 0 aliphatic carbocycles. The molecule has 5 nitrogen and oxygen atoms in total. The molecule has 0 spiro atoms. The summed E-state index contributed by atoms with van der Waals surface area (Å²) in [5.41, 5.74) is 0.841. The number of carboxylic acid groups (broad SMARTS) is 1. The number of hydrogen-bond acceptors (Lipinski definition) is 3. The van der Waals surface area contributed by atoms with Crippen LogP contribution in [0.2, 0.25) is 0 Å². The highest BCUT2D eigenvalue weighted by molar-refractivity contribution is 5.66. The molecule has 1 N–H and O–H groups in total. The standard InChI is InChI=1S/C14H15F2N3O2/c1-9-6-12(16)13(7-11(9)15)19-8-10(17-18-19)4-2-3-5-14(20)21/h6-8H,2-5H2,1H3,(H,20,21). The second-order valence-corrected chi connectivity index (χ2v) is 4.81. The maximum Gasteiger partial charge on any atom is 0.303 e. The van der Waals surface area contributed by atoms with Crippen LogP contribution in [0, 0.1) is 18.6 Å². The molecule has 0 radical (unpaired) electrons. The Hall–Kier alpha value is -2.31. The molecule has 21 heavy (non-hydrogen) atoms. The fourth-order valence-electron chi connectivity index (χ4n) is 1.92. The number of rotatable bonds is 6. The molecule has 0 aliphatic rings. The smallest absolute Gasteiger partial charge is 0.303 e. The van der Waals surface area contributed by atoms with Crippen molar-refractivity contribution in [2.75, 3.05) is 0 Å². The summed E-state index contributed by atoms with van der Waals surface area (Å²) in [7, 11) is 0. The Morgan fingerprint density at radius 3 is 2.76 bits per heavy atom. The van der Waals surface area contributed by atoms with Gasteiger partial charge in [-0.2, -0.15) is 0 Å². The maximum atomic E-state index is 13.8. The minimum atomic E-state index is -0.837. The molecule has 112 valence electrons. The zero-order valence-electron chi connectivity index (χ0n) is 11.5. The molecular weight excluding hydrogens is 280 g/mol. The van der Waals surface area contributed by atoms with Crippen LogP contribution in [-0.4, -0.2) is 26.1 Å². The van der Waals surface area contributed by atoms with E-state index in [0.29, 0.717) is 25.0 Å². The monoisotopic (exact) mass is 295 g/mol. The quantitative estimate of drug-likeness (QED) is 0.832. The molecule has 0 aliphatic heterocycles. The van der Waals surface area contributed by atoms with Crippen molar-refractivity contribution in [3.63, 3.8) is 0 Å². The molecule has 0 unspecified atom stereocenters. The number of aliphatic carboxylic acids is 1. The van der Waals surface area contributed by atoms with Gasteiger partial charge in [-0.05, 0) is 37.8 Å². The Labute approximate surface area is 120 Å². The van der Waals surface area contributed by atoms with Crippen LogP contribution in [0.25, 0.3) is 5.69 Å². The van der Waals surface area contributed by atoms with Crippen molar-refractivity contribution in [3.05, 3.63) is 41.2 Å². The SMILES string of the molecule is Cc1cc(F)c(-n2cc(CCCCC(=O)O)nn2)cc1F. The number of unbranched alkanes of at least 4 members (excludes halogenated alkanes) is 1. The number of carboxylic acids is 1. The highest BCUT2D eigenvalue weighted by Crippen LogP contribution is 2.18. The second kappa shape index (κ2) is 6.43. The third kappa shape index (κ3) is 3.84.